The lowest BCUT2D eigenvalue weighted by atomic mass is 9.50. The Kier molecular flexibility index (Phi) is 11.7. The van der Waals surface area contributed by atoms with Crippen LogP contribution in [0.4, 0.5) is 0 Å². The Balaban J connectivity index is 1.02. The highest BCUT2D eigenvalue weighted by Gasteiger charge is 2.72. The van der Waals surface area contributed by atoms with Crippen LogP contribution in [0.3, 0.4) is 0 Å². The van der Waals surface area contributed by atoms with E-state index in [1.54, 1.807) is 12.1 Å². The van der Waals surface area contributed by atoms with Crippen molar-refractivity contribution in [1.29, 1.82) is 0 Å². The van der Waals surface area contributed by atoms with E-state index in [2.05, 4.69) is 11.8 Å². The Morgan fingerprint density at radius 1 is 0.978 bits per heavy atom. The van der Waals surface area contributed by atoms with Gasteiger partial charge in [0.25, 0.3) is 0 Å². The molecule has 4 aliphatic rings. The smallest absolute Gasteiger partial charge is 0.352 e. The molecule has 0 unspecified atom stereocenters. The Hall–Kier alpha value is -2.58. The fourth-order valence-electron chi connectivity index (χ4n) is 8.58. The van der Waals surface area contributed by atoms with Crippen molar-refractivity contribution in [3.05, 3.63) is 35.1 Å². The lowest BCUT2D eigenvalue weighted by molar-refractivity contribution is -0.175. The van der Waals surface area contributed by atoms with Gasteiger partial charge in [0.05, 0.1) is 11.0 Å². The summed E-state index contributed by atoms with van der Waals surface area (Å²) in [5, 5.41) is 22.9. The van der Waals surface area contributed by atoms with Crippen LogP contribution in [0.1, 0.15) is 141 Å². The number of carbonyl (C=O) groups excluding carboxylic acids is 2. The van der Waals surface area contributed by atoms with Gasteiger partial charge in [-0.15, -0.1) is 0 Å². The third-order valence-corrected chi connectivity index (χ3v) is 11.2. The molecule has 46 heavy (non-hydrogen) atoms. The fraction of sp³-hybridized carbons (Fsp3) is 0.737. The number of aliphatic hydroxyl groups is 1. The fourth-order valence-corrected chi connectivity index (χ4v) is 8.58. The van der Waals surface area contributed by atoms with E-state index < -0.39 is 35.2 Å². The summed E-state index contributed by atoms with van der Waals surface area (Å²) in [4.78, 5) is 27.9. The molecule has 5 rings (SSSR count). The second kappa shape index (κ2) is 15.5. The number of hydrogen-bond acceptors (Lipinski definition) is 8. The predicted octanol–water partition coefficient (Wildman–Crippen LogP) is 7.41. The topological polar surface area (TPSA) is 106 Å². The van der Waals surface area contributed by atoms with Crippen LogP contribution in [0.25, 0.3) is 0 Å². The Morgan fingerprint density at radius 3 is 2.22 bits per heavy atom. The minimum absolute atomic E-state index is 0.0223. The number of hydrogen-bond donors (Lipinski definition) is 2. The standard InChI is InChI=1S/C38H57NO7/c1-4-5-6-7-8-9-10-11-12-13-14-15-16-17-18-19-32(41)44-27(2)36(42)45-30-22-23-38(43)31-26-28-20-21-29(40)34-33(28)37(38,35(30)46-34)24-25-39(31)3/h20-22,27,31,35,40,43H,4-19,23-26H2,1-3H3/t27-,31+,35-,37-,38+/m0/s1. The predicted molar refractivity (Wildman–Crippen MR) is 178 cm³/mol. The average Bonchev–Trinajstić information content (AvgIpc) is 3.40. The van der Waals surface area contributed by atoms with Crippen LogP contribution in [-0.4, -0.2) is 64.5 Å². The minimum atomic E-state index is -1.13. The van der Waals surface area contributed by atoms with E-state index in [1.165, 1.54) is 84.0 Å². The molecule has 0 radical (unpaired) electrons. The van der Waals surface area contributed by atoms with Crippen LogP contribution in [-0.2, 0) is 30.9 Å². The normalized spacial score (nSPS) is 26.6. The number of ether oxygens (including phenoxy) is 3. The molecule has 1 aromatic rings. The van der Waals surface area contributed by atoms with Crippen molar-refractivity contribution in [2.24, 2.45) is 0 Å². The maximum Gasteiger partial charge on any atom is 0.352 e. The first kappa shape index (κ1) is 34.7. The number of rotatable bonds is 19. The van der Waals surface area contributed by atoms with Crippen molar-refractivity contribution in [2.45, 2.75) is 165 Å². The first-order valence-electron chi connectivity index (χ1n) is 18.3. The molecular weight excluding hydrogens is 582 g/mol. The van der Waals surface area contributed by atoms with E-state index in [0.29, 0.717) is 30.8 Å². The van der Waals surface area contributed by atoms with Gasteiger partial charge in [-0.05, 0) is 57.5 Å². The van der Waals surface area contributed by atoms with Crippen LogP contribution in [0.2, 0.25) is 0 Å². The highest BCUT2D eigenvalue weighted by Crippen LogP contribution is 2.65. The van der Waals surface area contributed by atoms with Gasteiger partial charge < -0.3 is 29.3 Å². The van der Waals surface area contributed by atoms with E-state index in [0.717, 1.165) is 36.9 Å². The Bertz CT molecular complexity index is 1250. The molecular formula is C38H57NO7. The second-order valence-corrected chi connectivity index (χ2v) is 14.4. The summed E-state index contributed by atoms with van der Waals surface area (Å²) in [7, 11) is 2.03. The first-order chi connectivity index (χ1) is 22.2. The molecule has 5 atom stereocenters. The summed E-state index contributed by atoms with van der Waals surface area (Å²) in [6.07, 6.45) is 20.7. The van der Waals surface area contributed by atoms with Crippen molar-refractivity contribution < 1.29 is 34.0 Å². The van der Waals surface area contributed by atoms with Gasteiger partial charge in [0.2, 0.25) is 0 Å². The number of phenolic OH excluding ortho intramolecular Hbond substituents is 1. The number of nitrogens with zero attached hydrogens (tertiary/aromatic N) is 1. The van der Waals surface area contributed by atoms with E-state index in [9.17, 15) is 19.8 Å². The molecule has 2 aliphatic heterocycles. The van der Waals surface area contributed by atoms with Crippen molar-refractivity contribution in [2.75, 3.05) is 13.6 Å². The second-order valence-electron chi connectivity index (χ2n) is 14.4. The monoisotopic (exact) mass is 639 g/mol. The number of phenols is 1. The third-order valence-electron chi connectivity index (χ3n) is 11.2. The third kappa shape index (κ3) is 6.99. The van der Waals surface area contributed by atoms with Gasteiger partial charge in [-0.25, -0.2) is 4.79 Å². The van der Waals surface area contributed by atoms with Gasteiger partial charge in [0.15, 0.2) is 23.7 Å². The minimum Gasteiger partial charge on any atom is -0.504 e. The summed E-state index contributed by atoms with van der Waals surface area (Å²) < 4.78 is 17.6. The zero-order chi connectivity index (χ0) is 32.7. The number of likely N-dealkylation sites (tertiary alicyclic amines) is 1. The van der Waals surface area contributed by atoms with Crippen LogP contribution in [0.15, 0.2) is 24.0 Å². The molecule has 256 valence electrons. The molecule has 1 aromatic carbocycles. The molecule has 1 fully saturated rings. The average molecular weight is 640 g/mol. The molecule has 1 spiro atoms. The molecule has 0 aromatic heterocycles. The molecule has 8 nitrogen and oxygen atoms in total. The molecule has 2 bridgehead atoms. The van der Waals surface area contributed by atoms with Crippen LogP contribution >= 0.6 is 0 Å². The van der Waals surface area contributed by atoms with Gasteiger partial charge >= 0.3 is 11.9 Å². The lowest BCUT2D eigenvalue weighted by Gasteiger charge is -2.61. The molecule has 0 saturated carbocycles. The quantitative estimate of drug-likeness (QED) is 0.119. The van der Waals surface area contributed by atoms with Crippen molar-refractivity contribution in [1.82, 2.24) is 4.90 Å². The van der Waals surface area contributed by atoms with Gasteiger partial charge in [-0.3, -0.25) is 4.79 Å². The van der Waals surface area contributed by atoms with E-state index >= 15 is 0 Å². The summed E-state index contributed by atoms with van der Waals surface area (Å²) in [5.41, 5.74) is -0.0686. The zero-order valence-corrected chi connectivity index (χ0v) is 28.5. The molecule has 1 saturated heterocycles. The summed E-state index contributed by atoms with van der Waals surface area (Å²) in [6, 6.07) is 3.43. The molecule has 8 heteroatoms. The van der Waals surface area contributed by atoms with Crippen LogP contribution < -0.4 is 4.74 Å². The maximum atomic E-state index is 13.1. The number of carbonyl (C=O) groups is 2. The maximum absolute atomic E-state index is 13.1. The zero-order valence-electron chi connectivity index (χ0n) is 28.5. The van der Waals surface area contributed by atoms with E-state index in [-0.39, 0.29) is 18.2 Å². The molecule has 0 amide bonds. The van der Waals surface area contributed by atoms with Gasteiger partial charge in [-0.1, -0.05) is 103 Å². The van der Waals surface area contributed by atoms with E-state index in [4.69, 9.17) is 14.2 Å². The van der Waals surface area contributed by atoms with Gasteiger partial charge in [-0.2, -0.15) is 0 Å². The SMILES string of the molecule is CCCCCCCCCCCCCCCCCC(=O)O[C@@H](C)C(=O)OC1=CC[C@@]2(O)[C@H]3Cc4ccc(O)c5c4[C@@]2(CCN3C)[C@H]1O5. The molecule has 2 heterocycles. The summed E-state index contributed by atoms with van der Waals surface area (Å²) >= 11 is 0. The number of benzene rings is 1. The number of likely N-dealkylation sites (N-methyl/N-ethyl adjacent to an activating group) is 1. The molecule has 2 N–H and O–H groups in total. The first-order valence-corrected chi connectivity index (χ1v) is 18.3. The lowest BCUT2D eigenvalue weighted by Crippen LogP contribution is -2.74. The van der Waals surface area contributed by atoms with Crippen LogP contribution in [0.5, 0.6) is 11.5 Å². The summed E-state index contributed by atoms with van der Waals surface area (Å²) in [5.74, 6) is -0.354. The largest absolute Gasteiger partial charge is 0.504 e. The highest BCUT2D eigenvalue weighted by molar-refractivity contribution is 5.80. The van der Waals surface area contributed by atoms with Crippen LogP contribution in [0, 0.1) is 0 Å². The number of unbranched alkanes of at least 4 members (excludes halogenated alkanes) is 14. The van der Waals surface area contributed by atoms with Gasteiger partial charge in [0, 0.05) is 24.4 Å². The van der Waals surface area contributed by atoms with Gasteiger partial charge in [0.1, 0.15) is 5.76 Å². The number of esters is 2. The number of piperidine rings is 1. The molecule has 2 aliphatic carbocycles. The Morgan fingerprint density at radius 2 is 1.59 bits per heavy atom. The number of aromatic hydroxyl groups is 1. The Labute approximate surface area is 275 Å². The van der Waals surface area contributed by atoms with Crippen molar-refractivity contribution in [3.8, 4) is 11.5 Å². The van der Waals surface area contributed by atoms with Crippen molar-refractivity contribution in [3.63, 3.8) is 0 Å². The van der Waals surface area contributed by atoms with E-state index in [1.807, 2.05) is 13.1 Å². The highest BCUT2D eigenvalue weighted by atomic mass is 16.6. The van der Waals surface area contributed by atoms with Crippen molar-refractivity contribution >= 4 is 11.9 Å². The summed E-state index contributed by atoms with van der Waals surface area (Å²) in [6.45, 7) is 4.54.